The van der Waals surface area contributed by atoms with E-state index in [4.69, 9.17) is 23.2 Å². The first-order chi connectivity index (χ1) is 13.0. The molecule has 0 bridgehead atoms. The molecule has 0 aliphatic carbocycles. The molecule has 2 aromatic heterocycles. The molecule has 12 heteroatoms. The van der Waals surface area contributed by atoms with Crippen molar-refractivity contribution in [1.82, 2.24) is 0 Å². The number of rotatable bonds is 6. The van der Waals surface area contributed by atoms with Gasteiger partial charge < -0.3 is 0 Å². The zero-order valence-corrected chi connectivity index (χ0v) is 19.3. The molecule has 2 N–H and O–H groups in total. The fourth-order valence-electron chi connectivity index (χ4n) is 2.40. The molecule has 3 aromatic rings. The van der Waals surface area contributed by atoms with Crippen molar-refractivity contribution >= 4 is 77.3 Å². The van der Waals surface area contributed by atoms with E-state index in [9.17, 15) is 16.8 Å². The first kappa shape index (κ1) is 21.4. The Morgan fingerprint density at radius 3 is 1.93 bits per heavy atom. The molecule has 0 fully saturated rings. The molecule has 0 saturated heterocycles. The number of hydrogen-bond donors (Lipinski definition) is 2. The summed E-state index contributed by atoms with van der Waals surface area (Å²) in [5, 5.41) is 1.78. The molecule has 150 valence electrons. The summed E-state index contributed by atoms with van der Waals surface area (Å²) in [5.41, 5.74) is -0.0613. The Morgan fingerprint density at radius 2 is 1.46 bits per heavy atom. The van der Waals surface area contributed by atoms with Crippen LogP contribution in [0.25, 0.3) is 0 Å². The number of benzene rings is 1. The Labute approximate surface area is 181 Å². The van der Waals surface area contributed by atoms with Crippen LogP contribution in [0, 0.1) is 13.8 Å². The van der Waals surface area contributed by atoms with Crippen LogP contribution in [0.1, 0.15) is 9.75 Å². The normalized spacial score (nSPS) is 12.1. The van der Waals surface area contributed by atoms with Gasteiger partial charge in [-0.25, -0.2) is 16.8 Å². The van der Waals surface area contributed by atoms with Gasteiger partial charge in [-0.1, -0.05) is 29.3 Å². The zero-order chi connectivity index (χ0) is 20.7. The van der Waals surface area contributed by atoms with Crippen molar-refractivity contribution < 1.29 is 16.8 Å². The Kier molecular flexibility index (Phi) is 6.00. The predicted molar refractivity (Wildman–Crippen MR) is 116 cm³/mol. The Balaban J connectivity index is 2.04. The van der Waals surface area contributed by atoms with Gasteiger partial charge in [-0.3, -0.25) is 9.44 Å². The summed E-state index contributed by atoms with van der Waals surface area (Å²) in [6.45, 7) is 3.50. The lowest BCUT2D eigenvalue weighted by Gasteiger charge is -2.15. The number of halogens is 2. The van der Waals surface area contributed by atoms with E-state index in [2.05, 4.69) is 9.44 Å². The molecule has 0 aliphatic heterocycles. The molecule has 6 nitrogen and oxygen atoms in total. The second-order valence-corrected chi connectivity index (χ2v) is 12.5. The van der Waals surface area contributed by atoms with E-state index in [1.807, 2.05) is 0 Å². The highest BCUT2D eigenvalue weighted by Gasteiger charge is 2.24. The van der Waals surface area contributed by atoms with Crippen molar-refractivity contribution in [2.75, 3.05) is 9.44 Å². The molecule has 2 heterocycles. The van der Waals surface area contributed by atoms with Gasteiger partial charge in [-0.05, 0) is 43.5 Å². The van der Waals surface area contributed by atoms with E-state index in [-0.39, 0.29) is 30.5 Å². The predicted octanol–water partition coefficient (Wildman–Crippen LogP) is 5.33. The zero-order valence-electron chi connectivity index (χ0n) is 14.5. The number of hydrogen-bond acceptors (Lipinski definition) is 6. The minimum Gasteiger partial charge on any atom is -0.277 e. The van der Waals surface area contributed by atoms with Gasteiger partial charge in [0.2, 0.25) is 0 Å². The van der Waals surface area contributed by atoms with E-state index in [0.29, 0.717) is 4.88 Å². The molecule has 0 radical (unpaired) electrons. The molecular formula is C16H14Cl2N2O4S4. The van der Waals surface area contributed by atoms with Crippen LogP contribution in [0.3, 0.4) is 0 Å². The lowest BCUT2D eigenvalue weighted by atomic mass is 10.3. The monoisotopic (exact) mass is 496 g/mol. The minimum absolute atomic E-state index is 0.0298. The lowest BCUT2D eigenvalue weighted by Crippen LogP contribution is -2.17. The highest BCUT2D eigenvalue weighted by Crippen LogP contribution is 2.36. The third-order valence-electron chi connectivity index (χ3n) is 3.59. The molecular weight excluding hydrogens is 483 g/mol. The van der Waals surface area contributed by atoms with Gasteiger partial charge in [-0.15, -0.1) is 22.7 Å². The first-order valence-electron chi connectivity index (χ1n) is 7.65. The highest BCUT2D eigenvalue weighted by atomic mass is 35.5. The Morgan fingerprint density at radius 1 is 0.893 bits per heavy atom. The average Bonchev–Trinajstić information content (AvgIpc) is 3.22. The second kappa shape index (κ2) is 7.85. The molecule has 0 atom stereocenters. The number of nitrogens with one attached hydrogen (secondary N) is 2. The van der Waals surface area contributed by atoms with Crippen LogP contribution in [-0.2, 0) is 20.0 Å². The highest BCUT2D eigenvalue weighted by molar-refractivity contribution is 7.94. The maximum atomic E-state index is 12.8. The van der Waals surface area contributed by atoms with Gasteiger partial charge in [0.05, 0.1) is 21.4 Å². The maximum Gasteiger partial charge on any atom is 0.271 e. The van der Waals surface area contributed by atoms with Crippen LogP contribution in [0.2, 0.25) is 10.0 Å². The fourth-order valence-corrected chi connectivity index (χ4v) is 7.42. The Bertz CT molecular complexity index is 1230. The minimum atomic E-state index is -3.96. The molecule has 0 aliphatic rings. The molecule has 3 rings (SSSR count). The summed E-state index contributed by atoms with van der Waals surface area (Å²) in [4.78, 5) is 1.57. The van der Waals surface area contributed by atoms with Gasteiger partial charge >= 0.3 is 0 Å². The third-order valence-corrected chi connectivity index (χ3v) is 9.67. The van der Waals surface area contributed by atoms with Gasteiger partial charge in [-0.2, -0.15) is 0 Å². The van der Waals surface area contributed by atoms with Gasteiger partial charge in [0.1, 0.15) is 9.10 Å². The summed E-state index contributed by atoms with van der Waals surface area (Å²) in [6.07, 6.45) is 0. The summed E-state index contributed by atoms with van der Waals surface area (Å²) in [5.74, 6) is 0. The number of aryl methyl sites for hydroxylation is 2. The summed E-state index contributed by atoms with van der Waals surface area (Å²) < 4.78 is 55.6. The molecule has 28 heavy (non-hydrogen) atoms. The third kappa shape index (κ3) is 4.47. The van der Waals surface area contributed by atoms with E-state index in [1.54, 1.807) is 31.4 Å². The second-order valence-electron chi connectivity index (χ2n) is 5.73. The molecule has 0 saturated carbocycles. The summed E-state index contributed by atoms with van der Waals surface area (Å²) in [7, 11) is -7.87. The van der Waals surface area contributed by atoms with Gasteiger partial charge in [0, 0.05) is 9.75 Å². The molecule has 1 aromatic carbocycles. The molecule has 0 unspecified atom stereocenters. The van der Waals surface area contributed by atoms with Crippen molar-refractivity contribution in [2.24, 2.45) is 0 Å². The number of thiophene rings is 2. The molecule has 0 spiro atoms. The van der Waals surface area contributed by atoms with Crippen molar-refractivity contribution in [2.45, 2.75) is 23.0 Å². The van der Waals surface area contributed by atoms with E-state index in [1.165, 1.54) is 29.5 Å². The lowest BCUT2D eigenvalue weighted by molar-refractivity contribution is 0.599. The van der Waals surface area contributed by atoms with Crippen molar-refractivity contribution in [3.05, 3.63) is 55.5 Å². The van der Waals surface area contributed by atoms with Crippen molar-refractivity contribution in [1.29, 1.82) is 0 Å². The average molecular weight is 497 g/mol. The van der Waals surface area contributed by atoms with Gasteiger partial charge in [0.25, 0.3) is 20.0 Å². The summed E-state index contributed by atoms with van der Waals surface area (Å²) in [6, 6.07) is 7.11. The number of sulfonamides is 2. The largest absolute Gasteiger partial charge is 0.277 e. The van der Waals surface area contributed by atoms with E-state index in [0.717, 1.165) is 16.2 Å². The van der Waals surface area contributed by atoms with Gasteiger partial charge in [0.15, 0.2) is 0 Å². The fraction of sp³-hybridized carbons (Fsp3) is 0.125. The quantitative estimate of drug-likeness (QED) is 0.481. The summed E-state index contributed by atoms with van der Waals surface area (Å²) >= 11 is 14.4. The van der Waals surface area contributed by atoms with Crippen LogP contribution in [0.15, 0.2) is 44.8 Å². The smallest absolute Gasteiger partial charge is 0.271 e. The van der Waals surface area contributed by atoms with Crippen molar-refractivity contribution in [3.63, 3.8) is 0 Å². The van der Waals surface area contributed by atoms with Crippen LogP contribution < -0.4 is 9.44 Å². The maximum absolute atomic E-state index is 12.8. The van der Waals surface area contributed by atoms with Crippen LogP contribution in [0.5, 0.6) is 0 Å². The SMILES string of the molecule is Cc1cc(S(=O)(=O)Nc2cc(Cl)c(Cl)cc2NS(=O)(=O)c2cccs2)c(C)s1. The van der Waals surface area contributed by atoms with Crippen molar-refractivity contribution in [3.8, 4) is 0 Å². The standard InChI is InChI=1S/C16H14Cl2N2O4S4/c1-9-6-15(10(2)26-9)27(21,22)19-13-7-11(17)12(18)8-14(13)20-28(23,24)16-4-3-5-25-16/h3-8,19-20H,1-2H3. The Hall–Kier alpha value is -1.30. The van der Waals surface area contributed by atoms with Crippen LogP contribution in [0.4, 0.5) is 11.4 Å². The van der Waals surface area contributed by atoms with E-state index < -0.39 is 20.0 Å². The number of anilines is 2. The van der Waals surface area contributed by atoms with Crippen LogP contribution >= 0.6 is 45.9 Å². The topological polar surface area (TPSA) is 92.3 Å². The van der Waals surface area contributed by atoms with E-state index >= 15 is 0 Å². The van der Waals surface area contributed by atoms with Crippen LogP contribution in [-0.4, -0.2) is 16.8 Å². The first-order valence-corrected chi connectivity index (χ1v) is 13.1. The molecule has 0 amide bonds.